The summed E-state index contributed by atoms with van der Waals surface area (Å²) >= 11 is 0. The summed E-state index contributed by atoms with van der Waals surface area (Å²) in [4.78, 5) is 2.54. The van der Waals surface area contributed by atoms with E-state index in [-0.39, 0.29) is 0 Å². The van der Waals surface area contributed by atoms with Crippen molar-refractivity contribution in [3.63, 3.8) is 0 Å². The average Bonchev–Trinajstić information content (AvgIpc) is 3.11. The van der Waals surface area contributed by atoms with E-state index in [9.17, 15) is 0 Å². The van der Waals surface area contributed by atoms with Crippen LogP contribution in [0.4, 0.5) is 5.69 Å². The molecule has 1 aliphatic rings. The first-order valence-electron chi connectivity index (χ1n) is 8.98. The third-order valence-corrected chi connectivity index (χ3v) is 4.99. The number of aryl methyl sites for hydroxylation is 1. The van der Waals surface area contributed by atoms with Crippen LogP contribution < -0.4 is 5.32 Å². The van der Waals surface area contributed by atoms with E-state index in [1.807, 2.05) is 13.0 Å². The predicted molar refractivity (Wildman–Crippen MR) is 98.9 cm³/mol. The number of rotatable bonds is 5. The normalized spacial score (nSPS) is 16.4. The van der Waals surface area contributed by atoms with Gasteiger partial charge in [-0.25, -0.2) is 0 Å². The number of benzene rings is 1. The molecular formula is C19H24N6. The molecule has 0 atom stereocenters. The lowest BCUT2D eigenvalue weighted by Crippen LogP contribution is -2.36. The molecule has 25 heavy (non-hydrogen) atoms. The Morgan fingerprint density at radius 3 is 2.76 bits per heavy atom. The van der Waals surface area contributed by atoms with Gasteiger partial charge < -0.3 is 10.2 Å². The van der Waals surface area contributed by atoms with Crippen LogP contribution in [0.1, 0.15) is 30.0 Å². The van der Waals surface area contributed by atoms with Crippen molar-refractivity contribution < 1.29 is 0 Å². The molecule has 0 amide bonds. The summed E-state index contributed by atoms with van der Waals surface area (Å²) in [5.74, 6) is 0.712. The molecule has 3 aromatic rings. The molecule has 0 aliphatic carbocycles. The second-order valence-corrected chi connectivity index (χ2v) is 6.75. The minimum absolute atomic E-state index is 0.712. The van der Waals surface area contributed by atoms with Crippen LogP contribution in [-0.2, 0) is 0 Å². The first-order valence-corrected chi connectivity index (χ1v) is 8.98. The molecule has 1 fully saturated rings. The number of nitrogens with one attached hydrogen (secondary N) is 1. The average molecular weight is 336 g/mol. The molecule has 0 unspecified atom stereocenters. The van der Waals surface area contributed by atoms with E-state index in [1.54, 1.807) is 10.8 Å². The predicted octanol–water partition coefficient (Wildman–Crippen LogP) is 2.72. The maximum atomic E-state index is 4.37. The van der Waals surface area contributed by atoms with E-state index in [0.717, 1.165) is 43.2 Å². The molecule has 2 aromatic heterocycles. The van der Waals surface area contributed by atoms with Gasteiger partial charge in [0.2, 0.25) is 5.65 Å². The van der Waals surface area contributed by atoms with Crippen LogP contribution in [0, 0.1) is 6.92 Å². The summed E-state index contributed by atoms with van der Waals surface area (Å²) < 4.78 is 1.73. The zero-order chi connectivity index (χ0) is 17.1. The molecule has 1 N–H and O–H groups in total. The zero-order valence-corrected chi connectivity index (χ0v) is 14.6. The van der Waals surface area contributed by atoms with E-state index in [4.69, 9.17) is 0 Å². The van der Waals surface area contributed by atoms with Gasteiger partial charge in [-0.1, -0.05) is 30.3 Å². The molecule has 0 bridgehead atoms. The SMILES string of the molecule is Cc1cc(NCCN2CCC(c3ccccc3)CC2)c2nncn2n1. The van der Waals surface area contributed by atoms with Gasteiger partial charge in [-0.15, -0.1) is 10.2 Å². The van der Waals surface area contributed by atoms with E-state index >= 15 is 0 Å². The van der Waals surface area contributed by atoms with E-state index in [1.165, 1.54) is 18.4 Å². The first-order chi connectivity index (χ1) is 12.3. The molecule has 1 aliphatic heterocycles. The van der Waals surface area contributed by atoms with Crippen LogP contribution in [0.3, 0.4) is 0 Å². The fourth-order valence-corrected chi connectivity index (χ4v) is 3.65. The number of likely N-dealkylation sites (tertiary alicyclic amines) is 1. The number of piperidine rings is 1. The van der Waals surface area contributed by atoms with Crippen LogP contribution in [0.15, 0.2) is 42.7 Å². The number of aromatic nitrogens is 4. The molecular weight excluding hydrogens is 312 g/mol. The highest BCUT2D eigenvalue weighted by molar-refractivity contribution is 5.66. The lowest BCUT2D eigenvalue weighted by atomic mass is 9.89. The van der Waals surface area contributed by atoms with Gasteiger partial charge in [-0.3, -0.25) is 0 Å². The van der Waals surface area contributed by atoms with Crippen molar-refractivity contribution in [2.75, 3.05) is 31.5 Å². The summed E-state index contributed by atoms with van der Waals surface area (Å²) in [6, 6.07) is 12.9. The van der Waals surface area contributed by atoms with Gasteiger partial charge >= 0.3 is 0 Å². The second-order valence-electron chi connectivity index (χ2n) is 6.75. The van der Waals surface area contributed by atoms with Gasteiger partial charge in [0.25, 0.3) is 0 Å². The first kappa shape index (κ1) is 16.0. The van der Waals surface area contributed by atoms with Crippen molar-refractivity contribution in [1.82, 2.24) is 24.7 Å². The fourth-order valence-electron chi connectivity index (χ4n) is 3.65. The highest BCUT2D eigenvalue weighted by Gasteiger charge is 2.20. The molecule has 4 rings (SSSR count). The zero-order valence-electron chi connectivity index (χ0n) is 14.6. The summed E-state index contributed by atoms with van der Waals surface area (Å²) in [6.07, 6.45) is 4.13. The Bertz CT molecular complexity index is 820. The Balaban J connectivity index is 1.29. The minimum Gasteiger partial charge on any atom is -0.381 e. The monoisotopic (exact) mass is 336 g/mol. The third kappa shape index (κ3) is 3.64. The van der Waals surface area contributed by atoms with Gasteiger partial charge in [0, 0.05) is 13.1 Å². The largest absolute Gasteiger partial charge is 0.381 e. The molecule has 1 saturated heterocycles. The minimum atomic E-state index is 0.712. The van der Waals surface area contributed by atoms with Gasteiger partial charge in [-0.2, -0.15) is 9.61 Å². The number of hydrogen-bond donors (Lipinski definition) is 1. The highest BCUT2D eigenvalue weighted by Crippen LogP contribution is 2.27. The van der Waals surface area contributed by atoms with Crippen molar-refractivity contribution in [1.29, 1.82) is 0 Å². The summed E-state index contributed by atoms with van der Waals surface area (Å²) in [6.45, 7) is 6.26. The van der Waals surface area contributed by atoms with E-state index in [0.29, 0.717) is 5.92 Å². The van der Waals surface area contributed by atoms with E-state index < -0.39 is 0 Å². The van der Waals surface area contributed by atoms with Crippen LogP contribution in [0.2, 0.25) is 0 Å². The quantitative estimate of drug-likeness (QED) is 0.776. The number of fused-ring (bicyclic) bond motifs is 1. The second kappa shape index (κ2) is 7.19. The number of anilines is 1. The molecule has 6 nitrogen and oxygen atoms in total. The third-order valence-electron chi connectivity index (χ3n) is 4.99. The van der Waals surface area contributed by atoms with Crippen LogP contribution in [0.5, 0.6) is 0 Å². The maximum Gasteiger partial charge on any atom is 0.200 e. The maximum absolute atomic E-state index is 4.37. The standard InChI is InChI=1S/C19H24N6/c1-15-13-18(19-22-21-14-25(19)23-15)20-9-12-24-10-7-17(8-11-24)16-5-3-2-4-6-16/h2-6,13-14,17,20H,7-12H2,1H3. The Hall–Kier alpha value is -2.47. The lowest BCUT2D eigenvalue weighted by Gasteiger charge is -2.32. The summed E-state index contributed by atoms with van der Waals surface area (Å²) in [5.41, 5.74) is 4.23. The highest BCUT2D eigenvalue weighted by atomic mass is 15.3. The topological polar surface area (TPSA) is 58.3 Å². The molecule has 0 spiro atoms. The van der Waals surface area contributed by atoms with Crippen molar-refractivity contribution >= 4 is 11.3 Å². The van der Waals surface area contributed by atoms with Gasteiger partial charge in [0.15, 0.2) is 0 Å². The summed E-state index contributed by atoms with van der Waals surface area (Å²) in [7, 11) is 0. The van der Waals surface area contributed by atoms with Crippen molar-refractivity contribution in [3.05, 3.63) is 54.0 Å². The Morgan fingerprint density at radius 2 is 1.96 bits per heavy atom. The van der Waals surface area contributed by atoms with Crippen molar-refractivity contribution in [2.45, 2.75) is 25.7 Å². The number of hydrogen-bond acceptors (Lipinski definition) is 5. The van der Waals surface area contributed by atoms with Crippen molar-refractivity contribution in [2.24, 2.45) is 0 Å². The van der Waals surface area contributed by atoms with Crippen LogP contribution >= 0.6 is 0 Å². The Morgan fingerprint density at radius 1 is 1.16 bits per heavy atom. The van der Waals surface area contributed by atoms with Crippen LogP contribution in [0.25, 0.3) is 5.65 Å². The van der Waals surface area contributed by atoms with Gasteiger partial charge in [-0.05, 0) is 50.4 Å². The molecule has 0 saturated carbocycles. The molecule has 1 aromatic carbocycles. The Kier molecular flexibility index (Phi) is 4.61. The lowest BCUT2D eigenvalue weighted by molar-refractivity contribution is 0.219. The van der Waals surface area contributed by atoms with Gasteiger partial charge in [0.05, 0.1) is 11.4 Å². The molecule has 3 heterocycles. The van der Waals surface area contributed by atoms with E-state index in [2.05, 4.69) is 55.8 Å². The molecule has 0 radical (unpaired) electrons. The van der Waals surface area contributed by atoms with Crippen LogP contribution in [-0.4, -0.2) is 50.9 Å². The number of nitrogens with zero attached hydrogens (tertiary/aromatic N) is 5. The van der Waals surface area contributed by atoms with Crippen molar-refractivity contribution in [3.8, 4) is 0 Å². The smallest absolute Gasteiger partial charge is 0.200 e. The van der Waals surface area contributed by atoms with Gasteiger partial charge in [0.1, 0.15) is 6.33 Å². The molecule has 130 valence electrons. The molecule has 6 heteroatoms. The fraction of sp³-hybridized carbons (Fsp3) is 0.421. The summed E-state index contributed by atoms with van der Waals surface area (Å²) in [5, 5.41) is 16.0. The Labute approximate surface area is 147 Å².